The van der Waals surface area contributed by atoms with Crippen LogP contribution in [-0.2, 0) is 14.8 Å². The lowest BCUT2D eigenvalue weighted by atomic mass is 10.0. The fourth-order valence-corrected chi connectivity index (χ4v) is 6.47. The van der Waals surface area contributed by atoms with Gasteiger partial charge >= 0.3 is 5.97 Å². The van der Waals surface area contributed by atoms with E-state index in [1.807, 2.05) is 12.1 Å². The Morgan fingerprint density at radius 2 is 1.83 bits per heavy atom. The van der Waals surface area contributed by atoms with Gasteiger partial charge in [-0.05, 0) is 37.1 Å². The van der Waals surface area contributed by atoms with E-state index in [1.54, 1.807) is 16.6 Å². The van der Waals surface area contributed by atoms with Crippen LogP contribution in [0, 0.1) is 0 Å². The maximum Gasteiger partial charge on any atom is 0.337 e. The van der Waals surface area contributed by atoms with E-state index >= 15 is 0 Å². The van der Waals surface area contributed by atoms with Crippen molar-refractivity contribution >= 4 is 16.0 Å². The summed E-state index contributed by atoms with van der Waals surface area (Å²) in [6.07, 6.45) is 4.30. The molecule has 1 aromatic carbocycles. The third kappa shape index (κ3) is 3.75. The molecule has 2 unspecified atom stereocenters. The normalized spacial score (nSPS) is 23.7. The minimum Gasteiger partial charge on any atom is -0.495 e. The molecule has 1 aromatic heterocycles. The predicted octanol–water partition coefficient (Wildman–Crippen LogP) is 2.64. The van der Waals surface area contributed by atoms with E-state index in [-0.39, 0.29) is 34.4 Å². The number of aromatic nitrogens is 1. The highest BCUT2D eigenvalue weighted by atomic mass is 32.2. The van der Waals surface area contributed by atoms with Gasteiger partial charge < -0.3 is 14.2 Å². The zero-order chi connectivity index (χ0) is 21.3. The van der Waals surface area contributed by atoms with Crippen molar-refractivity contribution in [2.45, 2.75) is 48.8 Å². The number of hydrogen-bond acceptors (Lipinski definition) is 7. The smallest absolute Gasteiger partial charge is 0.337 e. The maximum atomic E-state index is 13.6. The Kier molecular flexibility index (Phi) is 5.66. The number of carbonyl (C=O) groups excluding carboxylic acids is 1. The van der Waals surface area contributed by atoms with Crippen molar-refractivity contribution in [1.82, 2.24) is 9.29 Å². The van der Waals surface area contributed by atoms with E-state index in [0.29, 0.717) is 18.7 Å². The predicted molar refractivity (Wildman–Crippen MR) is 108 cm³/mol. The zero-order valence-electron chi connectivity index (χ0n) is 16.9. The van der Waals surface area contributed by atoms with E-state index in [1.165, 1.54) is 32.4 Å². The Morgan fingerprint density at radius 1 is 1.10 bits per heavy atom. The van der Waals surface area contributed by atoms with Gasteiger partial charge in [0.15, 0.2) is 0 Å². The summed E-state index contributed by atoms with van der Waals surface area (Å²) in [5, 5.41) is 0. The number of esters is 1. The topological polar surface area (TPSA) is 95.0 Å². The van der Waals surface area contributed by atoms with E-state index in [9.17, 15) is 13.2 Å². The molecule has 2 aliphatic heterocycles. The lowest BCUT2D eigenvalue weighted by molar-refractivity contribution is 0.0600. The molecule has 160 valence electrons. The fourth-order valence-electron chi connectivity index (χ4n) is 4.40. The van der Waals surface area contributed by atoms with Crippen molar-refractivity contribution in [3.8, 4) is 11.6 Å². The summed E-state index contributed by atoms with van der Waals surface area (Å²) in [6, 6.07) is 9.44. The number of rotatable bonds is 6. The first-order valence-electron chi connectivity index (χ1n) is 9.81. The number of pyridine rings is 1. The molecule has 8 nitrogen and oxygen atoms in total. The first kappa shape index (κ1) is 20.6. The van der Waals surface area contributed by atoms with Crippen LogP contribution in [0.4, 0.5) is 0 Å². The molecular weight excluding hydrogens is 408 g/mol. The van der Waals surface area contributed by atoms with E-state index in [0.717, 1.165) is 12.8 Å². The second kappa shape index (κ2) is 8.23. The SMILES string of the molecule is COC(=O)c1ccc(OC)c(S(=O)(=O)N2C3CCC2CC(Oc2ccccn2)C3)c1. The summed E-state index contributed by atoms with van der Waals surface area (Å²) in [6.45, 7) is 0. The average molecular weight is 432 g/mol. The van der Waals surface area contributed by atoms with Gasteiger partial charge in [0.1, 0.15) is 16.7 Å². The van der Waals surface area contributed by atoms with Gasteiger partial charge in [-0.25, -0.2) is 18.2 Å². The van der Waals surface area contributed by atoms with Gasteiger partial charge in [0.25, 0.3) is 0 Å². The number of hydrogen-bond donors (Lipinski definition) is 0. The van der Waals surface area contributed by atoms with Gasteiger partial charge in [-0.3, -0.25) is 0 Å². The van der Waals surface area contributed by atoms with Crippen LogP contribution in [0.2, 0.25) is 0 Å². The number of methoxy groups -OCH3 is 2. The Morgan fingerprint density at radius 3 is 2.43 bits per heavy atom. The first-order valence-corrected chi connectivity index (χ1v) is 11.3. The number of ether oxygens (including phenoxy) is 3. The number of benzene rings is 1. The lowest BCUT2D eigenvalue weighted by Gasteiger charge is -2.37. The Labute approximate surface area is 175 Å². The quantitative estimate of drug-likeness (QED) is 0.648. The summed E-state index contributed by atoms with van der Waals surface area (Å²) in [7, 11) is -1.20. The van der Waals surface area contributed by atoms with Crippen LogP contribution < -0.4 is 9.47 Å². The number of sulfonamides is 1. The molecule has 0 aliphatic carbocycles. The van der Waals surface area contributed by atoms with Crippen molar-refractivity contribution in [3.63, 3.8) is 0 Å². The summed E-state index contributed by atoms with van der Waals surface area (Å²) < 4.78 is 44.8. The van der Waals surface area contributed by atoms with Gasteiger partial charge in [-0.1, -0.05) is 6.07 Å². The molecule has 2 aromatic rings. The lowest BCUT2D eigenvalue weighted by Crippen LogP contribution is -2.49. The molecule has 0 saturated carbocycles. The van der Waals surface area contributed by atoms with Gasteiger partial charge in [0.2, 0.25) is 15.9 Å². The minimum atomic E-state index is -3.87. The van der Waals surface area contributed by atoms with Gasteiger partial charge in [0, 0.05) is 37.2 Å². The molecule has 4 rings (SSSR count). The highest BCUT2D eigenvalue weighted by Gasteiger charge is 2.48. The molecule has 3 heterocycles. The van der Waals surface area contributed by atoms with Crippen molar-refractivity contribution in [2.75, 3.05) is 14.2 Å². The van der Waals surface area contributed by atoms with Crippen molar-refractivity contribution < 1.29 is 27.4 Å². The zero-order valence-corrected chi connectivity index (χ0v) is 17.7. The number of nitrogens with zero attached hydrogens (tertiary/aromatic N) is 2. The fraction of sp³-hybridized carbons (Fsp3) is 0.429. The largest absolute Gasteiger partial charge is 0.495 e. The third-order valence-electron chi connectivity index (χ3n) is 5.69. The molecule has 2 bridgehead atoms. The number of piperidine rings is 1. The summed E-state index contributed by atoms with van der Waals surface area (Å²) in [5.41, 5.74) is 0.164. The molecule has 2 saturated heterocycles. The minimum absolute atomic E-state index is 0.0195. The van der Waals surface area contributed by atoms with Crippen LogP contribution in [0.15, 0.2) is 47.5 Å². The Bertz CT molecular complexity index is 1010. The molecule has 2 aliphatic rings. The molecule has 0 spiro atoms. The molecular formula is C21H24N2O6S. The third-order valence-corrected chi connectivity index (χ3v) is 7.71. The molecule has 30 heavy (non-hydrogen) atoms. The molecule has 0 amide bonds. The summed E-state index contributed by atoms with van der Waals surface area (Å²) in [4.78, 5) is 16.1. The standard InChI is InChI=1S/C21H24N2O6S/c1-27-18-9-6-14(21(24)28-2)11-19(18)30(25,26)23-15-7-8-16(23)13-17(12-15)29-20-5-3-4-10-22-20/h3-6,9-11,15-17H,7-8,12-13H2,1-2H3. The average Bonchev–Trinajstić information content (AvgIpc) is 3.05. The molecule has 2 fully saturated rings. The molecule has 2 atom stereocenters. The Balaban J connectivity index is 1.61. The van der Waals surface area contributed by atoms with Crippen LogP contribution in [0.25, 0.3) is 0 Å². The highest BCUT2D eigenvalue weighted by Crippen LogP contribution is 2.42. The number of fused-ring (bicyclic) bond motifs is 2. The van der Waals surface area contributed by atoms with Crippen LogP contribution in [0.1, 0.15) is 36.0 Å². The van der Waals surface area contributed by atoms with Gasteiger partial charge in [-0.15, -0.1) is 0 Å². The van der Waals surface area contributed by atoms with Gasteiger partial charge in [0.05, 0.1) is 19.8 Å². The van der Waals surface area contributed by atoms with Crippen molar-refractivity contribution in [3.05, 3.63) is 48.2 Å². The summed E-state index contributed by atoms with van der Waals surface area (Å²) >= 11 is 0. The first-order chi connectivity index (χ1) is 14.4. The van der Waals surface area contributed by atoms with Crippen LogP contribution >= 0.6 is 0 Å². The Hall–Kier alpha value is -2.65. The monoisotopic (exact) mass is 432 g/mol. The highest BCUT2D eigenvalue weighted by molar-refractivity contribution is 7.89. The van der Waals surface area contributed by atoms with Crippen LogP contribution in [0.3, 0.4) is 0 Å². The molecule has 0 N–H and O–H groups in total. The maximum absolute atomic E-state index is 13.6. The number of carbonyl (C=O) groups is 1. The van der Waals surface area contributed by atoms with Crippen LogP contribution in [-0.4, -0.2) is 56.1 Å². The van der Waals surface area contributed by atoms with E-state index in [2.05, 4.69) is 4.98 Å². The van der Waals surface area contributed by atoms with Crippen molar-refractivity contribution in [1.29, 1.82) is 0 Å². The molecule has 9 heteroatoms. The summed E-state index contributed by atoms with van der Waals surface area (Å²) in [5.74, 6) is 0.152. The second-order valence-corrected chi connectivity index (χ2v) is 9.27. The van der Waals surface area contributed by atoms with Gasteiger partial charge in [-0.2, -0.15) is 4.31 Å². The second-order valence-electron chi connectivity index (χ2n) is 7.46. The van der Waals surface area contributed by atoms with E-state index in [4.69, 9.17) is 14.2 Å². The molecule has 0 radical (unpaired) electrons. The van der Waals surface area contributed by atoms with Crippen molar-refractivity contribution in [2.24, 2.45) is 0 Å². The van der Waals surface area contributed by atoms with Crippen LogP contribution in [0.5, 0.6) is 11.6 Å². The van der Waals surface area contributed by atoms with E-state index < -0.39 is 16.0 Å².